The number of aryl methyl sites for hydroxylation is 2. The third-order valence-corrected chi connectivity index (χ3v) is 5.51. The maximum absolute atomic E-state index is 9.78. The van der Waals surface area contributed by atoms with Crippen molar-refractivity contribution in [3.63, 3.8) is 0 Å². The lowest BCUT2D eigenvalue weighted by Gasteiger charge is -2.49. The number of imidazole rings is 1. The van der Waals surface area contributed by atoms with E-state index < -0.39 is 0 Å². The van der Waals surface area contributed by atoms with Gasteiger partial charge in [0.1, 0.15) is 0 Å². The third-order valence-electron chi connectivity index (χ3n) is 4.56. The summed E-state index contributed by atoms with van der Waals surface area (Å²) in [6, 6.07) is 0.381. The van der Waals surface area contributed by atoms with Crippen LogP contribution in [0, 0.1) is 19.3 Å². The van der Waals surface area contributed by atoms with E-state index in [9.17, 15) is 5.11 Å². The molecule has 0 bridgehead atoms. The number of rotatable bonds is 3. The molecule has 104 valence electrons. The summed E-state index contributed by atoms with van der Waals surface area (Å²) >= 11 is 1.69. The Hall–Kier alpha value is -0.910. The van der Waals surface area contributed by atoms with Crippen molar-refractivity contribution in [3.8, 4) is 0 Å². The zero-order valence-corrected chi connectivity index (χ0v) is 12.7. The molecular formula is C14H21N3OS. The van der Waals surface area contributed by atoms with Crippen molar-refractivity contribution in [2.45, 2.75) is 52.8 Å². The number of fused-ring (bicyclic) bond motifs is 1. The van der Waals surface area contributed by atoms with Crippen molar-refractivity contribution in [3.05, 3.63) is 22.5 Å². The minimum atomic E-state index is -0.181. The summed E-state index contributed by atoms with van der Waals surface area (Å²) in [5.74, 6) is 0. The van der Waals surface area contributed by atoms with E-state index in [-0.39, 0.29) is 11.5 Å². The minimum absolute atomic E-state index is 0.0264. The average Bonchev–Trinajstić information content (AvgIpc) is 2.85. The predicted molar refractivity (Wildman–Crippen MR) is 77.6 cm³/mol. The number of nitrogens with zero attached hydrogens (tertiary/aromatic N) is 2. The number of aliphatic hydroxyl groups is 1. The Balaban J connectivity index is 1.79. The average molecular weight is 279 g/mol. The third kappa shape index (κ3) is 1.91. The van der Waals surface area contributed by atoms with Gasteiger partial charge in [-0.1, -0.05) is 13.8 Å². The number of hydrogen-bond donors (Lipinski definition) is 2. The van der Waals surface area contributed by atoms with Gasteiger partial charge in [-0.25, -0.2) is 4.98 Å². The van der Waals surface area contributed by atoms with Crippen LogP contribution < -0.4 is 5.32 Å². The Morgan fingerprint density at radius 2 is 2.26 bits per heavy atom. The second kappa shape index (κ2) is 4.30. The van der Waals surface area contributed by atoms with Crippen molar-refractivity contribution < 1.29 is 5.11 Å². The number of hydrogen-bond acceptors (Lipinski definition) is 4. The number of nitrogens with one attached hydrogen (secondary N) is 1. The molecule has 0 radical (unpaired) electrons. The van der Waals surface area contributed by atoms with Crippen LogP contribution in [0.15, 0.2) is 5.38 Å². The second-order valence-corrected chi connectivity index (χ2v) is 6.98. The van der Waals surface area contributed by atoms with E-state index in [0.717, 1.165) is 23.6 Å². The molecule has 1 fully saturated rings. The Labute approximate surface area is 117 Å². The fourth-order valence-corrected chi connectivity index (χ4v) is 3.78. The standard InChI is InChI=1S/C14H21N3OS/c1-8-7-19-13-16-9(2)10(17(8)13)6-15-11-5-12(18)14(11,3)4/h7,11-12,15,18H,5-6H2,1-4H3. The molecule has 3 rings (SSSR count). The first-order valence-corrected chi connectivity index (χ1v) is 7.62. The Morgan fingerprint density at radius 3 is 2.89 bits per heavy atom. The van der Waals surface area contributed by atoms with Gasteiger partial charge in [-0.15, -0.1) is 11.3 Å². The van der Waals surface area contributed by atoms with Gasteiger partial charge in [-0.05, 0) is 20.3 Å². The summed E-state index contributed by atoms with van der Waals surface area (Å²) < 4.78 is 2.23. The summed E-state index contributed by atoms with van der Waals surface area (Å²) in [6.45, 7) is 9.23. The maximum Gasteiger partial charge on any atom is 0.194 e. The molecule has 1 saturated carbocycles. The highest BCUT2D eigenvalue weighted by molar-refractivity contribution is 7.15. The fraction of sp³-hybridized carbons (Fsp3) is 0.643. The topological polar surface area (TPSA) is 49.6 Å². The first-order chi connectivity index (χ1) is 8.91. The number of aromatic nitrogens is 2. The molecule has 19 heavy (non-hydrogen) atoms. The van der Waals surface area contributed by atoms with Crippen LogP contribution in [0.3, 0.4) is 0 Å². The van der Waals surface area contributed by atoms with E-state index in [1.54, 1.807) is 11.3 Å². The highest BCUT2D eigenvalue weighted by atomic mass is 32.1. The fourth-order valence-electron chi connectivity index (χ4n) is 2.84. The van der Waals surface area contributed by atoms with Gasteiger partial charge in [-0.3, -0.25) is 4.40 Å². The van der Waals surface area contributed by atoms with E-state index >= 15 is 0 Å². The summed E-state index contributed by atoms with van der Waals surface area (Å²) in [6.07, 6.45) is 0.663. The summed E-state index contributed by atoms with van der Waals surface area (Å²) in [5.41, 5.74) is 3.55. The molecule has 4 nitrogen and oxygen atoms in total. The van der Waals surface area contributed by atoms with E-state index in [1.807, 2.05) is 0 Å². The molecule has 5 heteroatoms. The van der Waals surface area contributed by atoms with Crippen molar-refractivity contribution in [1.29, 1.82) is 0 Å². The molecule has 0 aromatic carbocycles. The van der Waals surface area contributed by atoms with Crippen LogP contribution in [-0.4, -0.2) is 26.6 Å². The first kappa shape index (κ1) is 13.1. The van der Waals surface area contributed by atoms with Gasteiger partial charge in [0.15, 0.2) is 4.96 Å². The summed E-state index contributed by atoms with van der Waals surface area (Å²) in [5, 5.41) is 15.5. The van der Waals surface area contributed by atoms with Gasteiger partial charge in [0, 0.05) is 29.1 Å². The number of thiazole rings is 1. The maximum atomic E-state index is 9.78. The molecule has 2 atom stereocenters. The second-order valence-electron chi connectivity index (χ2n) is 6.15. The normalized spacial score (nSPS) is 25.7. The van der Waals surface area contributed by atoms with Crippen LogP contribution in [0.4, 0.5) is 0 Å². The van der Waals surface area contributed by atoms with Crippen LogP contribution in [0.25, 0.3) is 4.96 Å². The predicted octanol–water partition coefficient (Wildman–Crippen LogP) is 2.26. The lowest BCUT2D eigenvalue weighted by molar-refractivity contribution is -0.0731. The monoisotopic (exact) mass is 279 g/mol. The van der Waals surface area contributed by atoms with Crippen LogP contribution in [0.2, 0.25) is 0 Å². The van der Waals surface area contributed by atoms with Crippen LogP contribution in [0.5, 0.6) is 0 Å². The van der Waals surface area contributed by atoms with Crippen LogP contribution in [0.1, 0.15) is 37.4 Å². The molecule has 2 unspecified atom stereocenters. The molecule has 2 heterocycles. The zero-order valence-electron chi connectivity index (χ0n) is 11.9. The van der Waals surface area contributed by atoms with E-state index in [4.69, 9.17) is 0 Å². The smallest absolute Gasteiger partial charge is 0.194 e. The molecular weight excluding hydrogens is 258 g/mol. The van der Waals surface area contributed by atoms with Gasteiger partial charge in [0.25, 0.3) is 0 Å². The van der Waals surface area contributed by atoms with Gasteiger partial charge in [-0.2, -0.15) is 0 Å². The SMILES string of the molecule is Cc1nc2scc(C)n2c1CNC1CC(O)C1(C)C. The molecule has 2 N–H and O–H groups in total. The lowest BCUT2D eigenvalue weighted by Crippen LogP contribution is -2.59. The highest BCUT2D eigenvalue weighted by Crippen LogP contribution is 2.40. The summed E-state index contributed by atoms with van der Waals surface area (Å²) in [7, 11) is 0. The lowest BCUT2D eigenvalue weighted by atomic mass is 9.64. The van der Waals surface area contributed by atoms with Gasteiger partial charge in [0.2, 0.25) is 0 Å². The van der Waals surface area contributed by atoms with Gasteiger partial charge in [0.05, 0.1) is 17.5 Å². The molecule has 2 aromatic heterocycles. The first-order valence-electron chi connectivity index (χ1n) is 6.74. The van der Waals surface area contributed by atoms with Crippen LogP contribution >= 0.6 is 11.3 Å². The van der Waals surface area contributed by atoms with E-state index in [1.165, 1.54) is 11.4 Å². The molecule has 0 aliphatic heterocycles. The molecule has 0 spiro atoms. The van der Waals surface area contributed by atoms with Gasteiger partial charge < -0.3 is 10.4 Å². The van der Waals surface area contributed by atoms with Crippen molar-refractivity contribution in [1.82, 2.24) is 14.7 Å². The number of aliphatic hydroxyl groups excluding tert-OH is 1. The Kier molecular flexibility index (Phi) is 2.96. The quantitative estimate of drug-likeness (QED) is 0.906. The van der Waals surface area contributed by atoms with Crippen LogP contribution in [-0.2, 0) is 6.54 Å². The minimum Gasteiger partial charge on any atom is -0.392 e. The van der Waals surface area contributed by atoms with Crippen molar-refractivity contribution in [2.75, 3.05) is 0 Å². The van der Waals surface area contributed by atoms with E-state index in [0.29, 0.717) is 6.04 Å². The molecule has 1 aliphatic carbocycles. The van der Waals surface area contributed by atoms with Gasteiger partial charge >= 0.3 is 0 Å². The van der Waals surface area contributed by atoms with Crippen molar-refractivity contribution >= 4 is 16.3 Å². The highest BCUT2D eigenvalue weighted by Gasteiger charge is 2.46. The molecule has 0 saturated heterocycles. The molecule has 0 amide bonds. The Bertz CT molecular complexity index is 614. The largest absolute Gasteiger partial charge is 0.392 e. The molecule has 2 aromatic rings. The molecule has 1 aliphatic rings. The summed E-state index contributed by atoms with van der Waals surface area (Å²) in [4.78, 5) is 5.67. The van der Waals surface area contributed by atoms with E-state index in [2.05, 4.69) is 47.8 Å². The zero-order chi connectivity index (χ0) is 13.8. The Morgan fingerprint density at radius 1 is 1.53 bits per heavy atom. The van der Waals surface area contributed by atoms with Crippen molar-refractivity contribution in [2.24, 2.45) is 5.41 Å².